The predicted octanol–water partition coefficient (Wildman–Crippen LogP) is 3.54. The molecule has 3 aromatic heterocycles. The number of carbonyl (C=O) groups excluding carboxylic acids is 1. The molecule has 0 unspecified atom stereocenters. The fourth-order valence-corrected chi connectivity index (χ4v) is 10.6. The summed E-state index contributed by atoms with van der Waals surface area (Å²) < 4.78 is 52.1. The van der Waals surface area contributed by atoms with Gasteiger partial charge >= 0.3 is 280 Å². The third-order valence-electron chi connectivity index (χ3n) is 10.1. The maximum atomic E-state index is 16.9. The van der Waals surface area contributed by atoms with Gasteiger partial charge in [-0.25, -0.2) is 9.97 Å². The van der Waals surface area contributed by atoms with Crippen molar-refractivity contribution in [2.75, 3.05) is 38.1 Å². The van der Waals surface area contributed by atoms with Gasteiger partial charge in [-0.15, -0.1) is 0 Å². The maximum Gasteiger partial charge on any atom is -0.234 e. The Hall–Kier alpha value is -4.15. The summed E-state index contributed by atoms with van der Waals surface area (Å²) in [5.41, 5.74) is 0.898. The van der Waals surface area contributed by atoms with E-state index in [1.807, 2.05) is 11.9 Å². The summed E-state index contributed by atoms with van der Waals surface area (Å²) in [4.78, 5) is 41.4. The van der Waals surface area contributed by atoms with Crippen LogP contribution < -0.4 is 29.6 Å². The molecule has 0 saturated carbocycles. The van der Waals surface area contributed by atoms with Crippen LogP contribution in [0.3, 0.4) is 0 Å². The molecule has 0 N–H and O–H groups in total. The van der Waals surface area contributed by atoms with E-state index >= 15 is 4.39 Å². The number of hydrogen-bond acceptors (Lipinski definition) is 9. The van der Waals surface area contributed by atoms with Gasteiger partial charge in [0.1, 0.15) is 5.82 Å². The molecule has 3 aliphatic rings. The Morgan fingerprint density at radius 1 is 1.12 bits per heavy atom. The summed E-state index contributed by atoms with van der Waals surface area (Å²) in [6.45, 7) is 3.91. The number of anilines is 1. The minimum atomic E-state index is -1.11. The number of aryl methyl sites for hydroxylation is 1. The van der Waals surface area contributed by atoms with Crippen LogP contribution in [-0.4, -0.2) is 89.6 Å². The number of fused-ring (bicyclic) bond motifs is 3. The summed E-state index contributed by atoms with van der Waals surface area (Å²) in [6.07, 6.45) is 8.25. The van der Waals surface area contributed by atoms with E-state index in [1.54, 1.807) is 54.4 Å². The van der Waals surface area contributed by atoms with Crippen LogP contribution in [0.5, 0.6) is 6.01 Å². The fraction of sp³-hybridized carbons (Fsp3) is 0.351. The Kier molecular flexibility index (Phi) is 9.40. The molecule has 0 aliphatic carbocycles. The molecule has 5 aromatic rings. The smallest absolute Gasteiger partial charge is 0.234 e. The summed E-state index contributed by atoms with van der Waals surface area (Å²) in [6, 6.07) is 9.58. The number of likely N-dealkylation sites (tertiary alicyclic amines) is 1. The summed E-state index contributed by atoms with van der Waals surface area (Å²) in [7, 11) is 1.85. The number of pyridine rings is 1. The van der Waals surface area contributed by atoms with Crippen LogP contribution in [0.4, 0.5) is 19.0 Å². The standard InChI is InChI=1S/C37H34ClF3IN8O2/c1-21-43-14-11-24(45-21)8-10-29(51)49-16-12-25(20-49)48(2)35-27-18-44-33(26-6-3-5-22-7-9-28(40)31(38)30(22)26)32(41)34(27)46-36(47-35)52-42-37-13-4-15-50(37)19-23(39)17-37/h3,5-11,14,18,23,25H,4,12-13,15-17,19-20H2,1-2H3/q-1/b10-8+/t23-,25-,37+/m1/s1. The van der Waals surface area contributed by atoms with Crippen molar-refractivity contribution in [1.82, 2.24) is 34.7 Å². The molecule has 1 amide bonds. The second kappa shape index (κ2) is 14.0. The van der Waals surface area contributed by atoms with Gasteiger partial charge in [-0.2, -0.15) is 0 Å². The molecule has 0 spiro atoms. The van der Waals surface area contributed by atoms with E-state index in [4.69, 9.17) is 19.7 Å². The Balaban J connectivity index is 1.15. The molecule has 0 radical (unpaired) electrons. The van der Waals surface area contributed by atoms with Crippen LogP contribution in [0.25, 0.3) is 39.0 Å². The van der Waals surface area contributed by atoms with Gasteiger partial charge in [0.2, 0.25) is 0 Å². The summed E-state index contributed by atoms with van der Waals surface area (Å²) in [5.74, 6) is -0.503. The van der Waals surface area contributed by atoms with E-state index in [2.05, 4.69) is 24.8 Å². The minimum Gasteiger partial charge on any atom is -0.234 e. The van der Waals surface area contributed by atoms with Gasteiger partial charge in [0.15, 0.2) is 0 Å². The number of benzene rings is 2. The monoisotopic (exact) mass is 841 g/mol. The summed E-state index contributed by atoms with van der Waals surface area (Å²) >= 11 is 5.31. The number of hydrogen-bond donors (Lipinski definition) is 0. The quantitative estimate of drug-likeness (QED) is 0.101. The predicted molar refractivity (Wildman–Crippen MR) is 188 cm³/mol. The van der Waals surface area contributed by atoms with Gasteiger partial charge in [-0.05, 0) is 13.0 Å². The molecule has 15 heteroatoms. The normalized spacial score (nSPS) is 21.9. The van der Waals surface area contributed by atoms with E-state index in [0.29, 0.717) is 71.5 Å². The van der Waals surface area contributed by atoms with Gasteiger partial charge in [-0.3, -0.25) is 0 Å². The molecule has 3 atom stereocenters. The van der Waals surface area contributed by atoms with Crippen molar-refractivity contribution < 1.29 is 42.7 Å². The number of alkyl halides is 2. The van der Waals surface area contributed by atoms with Crippen molar-refractivity contribution in [3.8, 4) is 17.3 Å². The molecule has 6 heterocycles. The first-order valence-corrected chi connectivity index (χ1v) is 19.4. The first-order valence-electron chi connectivity index (χ1n) is 17.0. The molecule has 52 heavy (non-hydrogen) atoms. The maximum absolute atomic E-state index is 16.9. The molecule has 3 aliphatic heterocycles. The number of nitrogens with zero attached hydrogens (tertiary/aromatic N) is 8. The molecule has 10 nitrogen and oxygen atoms in total. The van der Waals surface area contributed by atoms with Crippen molar-refractivity contribution in [3.05, 3.63) is 83.0 Å². The second-order valence-electron chi connectivity index (χ2n) is 13.4. The van der Waals surface area contributed by atoms with E-state index in [9.17, 15) is 13.6 Å². The number of rotatable bonds is 8. The van der Waals surface area contributed by atoms with Crippen molar-refractivity contribution in [3.63, 3.8) is 0 Å². The first kappa shape index (κ1) is 34.9. The van der Waals surface area contributed by atoms with Crippen molar-refractivity contribution >= 4 is 51.1 Å². The molecular weight excluding hydrogens is 808 g/mol. The minimum absolute atomic E-state index is 0.00210. The Labute approximate surface area is 313 Å². The molecule has 8 rings (SSSR count). The number of carbonyl (C=O) groups is 1. The van der Waals surface area contributed by atoms with E-state index < -0.39 is 39.4 Å². The molecule has 3 fully saturated rings. The fourth-order valence-electron chi connectivity index (χ4n) is 7.53. The number of likely N-dealkylation sites (N-methyl/N-ethyl adjacent to an activating group) is 1. The van der Waals surface area contributed by atoms with E-state index in [-0.39, 0.29) is 37.7 Å². The van der Waals surface area contributed by atoms with Crippen LogP contribution in [-0.2, 0) is 4.79 Å². The summed E-state index contributed by atoms with van der Waals surface area (Å²) in [5, 5.41) is 1.19. The SMILES string of the molecule is Cc1nccc(/C=C/C(=O)N2CC[C@@H](N(C)c3nc(O[I-][C@@]45CCCN4C[C@H](F)C5)nc4c(F)c(-c5cccc6ccc(F)c(Cl)c56)ncc34)C2)n1. The Morgan fingerprint density at radius 2 is 1.98 bits per heavy atom. The Morgan fingerprint density at radius 3 is 2.83 bits per heavy atom. The van der Waals surface area contributed by atoms with Crippen LogP contribution >= 0.6 is 11.6 Å². The van der Waals surface area contributed by atoms with Crippen LogP contribution in [0.2, 0.25) is 5.02 Å². The molecule has 2 aromatic carbocycles. The first-order chi connectivity index (χ1) is 25.1. The third kappa shape index (κ3) is 6.42. The number of aromatic nitrogens is 5. The zero-order chi connectivity index (χ0) is 36.1. The van der Waals surface area contributed by atoms with Crippen molar-refractivity contribution in [2.45, 2.75) is 48.4 Å². The number of amides is 1. The number of halogens is 5. The van der Waals surface area contributed by atoms with Crippen LogP contribution in [0, 0.1) is 18.6 Å². The van der Waals surface area contributed by atoms with Crippen LogP contribution in [0.15, 0.2) is 54.9 Å². The van der Waals surface area contributed by atoms with Gasteiger partial charge in [0.25, 0.3) is 0 Å². The van der Waals surface area contributed by atoms with Gasteiger partial charge in [-0.1, -0.05) is 0 Å². The topological polar surface area (TPSA) is 100 Å². The average molecular weight is 842 g/mol. The van der Waals surface area contributed by atoms with E-state index in [1.165, 1.54) is 18.3 Å². The largest absolute Gasteiger partial charge is 0.234 e. The second-order valence-corrected chi connectivity index (χ2v) is 16.7. The zero-order valence-electron chi connectivity index (χ0n) is 28.4. The Bertz CT molecular complexity index is 2250. The zero-order valence-corrected chi connectivity index (χ0v) is 31.3. The molecule has 0 bridgehead atoms. The third-order valence-corrected chi connectivity index (χ3v) is 13.6. The van der Waals surface area contributed by atoms with E-state index in [0.717, 1.165) is 19.4 Å². The molecular formula is C37H34ClF3IN8O2-. The molecule has 270 valence electrons. The van der Waals surface area contributed by atoms with Gasteiger partial charge in [0.05, 0.1) is 0 Å². The van der Waals surface area contributed by atoms with Crippen molar-refractivity contribution in [1.29, 1.82) is 0 Å². The average Bonchev–Trinajstić information content (AvgIpc) is 3.86. The molecule has 3 saturated heterocycles. The van der Waals surface area contributed by atoms with Gasteiger partial charge < -0.3 is 0 Å². The van der Waals surface area contributed by atoms with Crippen LogP contribution in [0.1, 0.15) is 37.2 Å². The van der Waals surface area contributed by atoms with Gasteiger partial charge in [0, 0.05) is 6.20 Å². The van der Waals surface area contributed by atoms with Crippen molar-refractivity contribution in [2.24, 2.45) is 0 Å².